The van der Waals surface area contributed by atoms with Crippen molar-refractivity contribution < 1.29 is 9.90 Å². The predicted molar refractivity (Wildman–Crippen MR) is 62.3 cm³/mol. The van der Waals surface area contributed by atoms with Gasteiger partial charge in [0.25, 0.3) is 0 Å². The molecular weight excluding hydrogens is 204 g/mol. The van der Waals surface area contributed by atoms with E-state index >= 15 is 0 Å². The number of carbonyl (C=O) groups is 1. The summed E-state index contributed by atoms with van der Waals surface area (Å²) in [7, 11) is 1.87. The number of hydrogen-bond donors (Lipinski definition) is 3. The van der Waals surface area contributed by atoms with Gasteiger partial charge >= 0.3 is 0 Å². The first-order valence-electron chi connectivity index (χ1n) is 5.45. The van der Waals surface area contributed by atoms with Crippen molar-refractivity contribution in [1.82, 2.24) is 5.32 Å². The average Bonchev–Trinajstić information content (AvgIpc) is 2.64. The number of rotatable bonds is 4. The van der Waals surface area contributed by atoms with Gasteiger partial charge < -0.3 is 15.7 Å². The van der Waals surface area contributed by atoms with E-state index in [1.54, 1.807) is 0 Å². The molecule has 16 heavy (non-hydrogen) atoms. The van der Waals surface area contributed by atoms with E-state index in [1.807, 2.05) is 25.2 Å². The van der Waals surface area contributed by atoms with Gasteiger partial charge in [0, 0.05) is 18.3 Å². The van der Waals surface area contributed by atoms with Gasteiger partial charge in [-0.05, 0) is 30.7 Å². The minimum absolute atomic E-state index is 0.0512. The quantitative estimate of drug-likeness (QED) is 0.704. The van der Waals surface area contributed by atoms with Crippen LogP contribution in [0, 0.1) is 0 Å². The molecule has 0 spiro atoms. The predicted octanol–water partition coefficient (Wildman–Crippen LogP) is 0.824. The summed E-state index contributed by atoms with van der Waals surface area (Å²) >= 11 is 0. The molecule has 1 aliphatic rings. The average molecular weight is 220 g/mol. The Kier molecular flexibility index (Phi) is 3.22. The smallest absolute Gasteiger partial charge is 0.228 e. The summed E-state index contributed by atoms with van der Waals surface area (Å²) in [4.78, 5) is 11.2. The van der Waals surface area contributed by atoms with Crippen molar-refractivity contribution in [1.29, 1.82) is 0 Å². The minimum atomic E-state index is 0.0512. The first kappa shape index (κ1) is 11.1. The Bertz CT molecular complexity index is 404. The van der Waals surface area contributed by atoms with E-state index in [2.05, 4.69) is 10.6 Å². The highest BCUT2D eigenvalue weighted by Crippen LogP contribution is 2.27. The van der Waals surface area contributed by atoms with E-state index in [1.165, 1.54) is 0 Å². The second-order valence-electron chi connectivity index (χ2n) is 4.00. The van der Waals surface area contributed by atoms with Crippen molar-refractivity contribution in [2.75, 3.05) is 19.0 Å². The highest BCUT2D eigenvalue weighted by atomic mass is 16.3. The standard InChI is InChI=1S/C12H16N2O2/c1-13-10(4-5-15)8-2-3-11-9(6-8)7-12(16)14-11/h2-3,6,10,13,15H,4-5,7H2,1H3,(H,14,16). The molecule has 0 aliphatic carbocycles. The summed E-state index contributed by atoms with van der Waals surface area (Å²) in [5, 5.41) is 14.9. The van der Waals surface area contributed by atoms with Gasteiger partial charge in [0.1, 0.15) is 0 Å². The molecule has 1 amide bonds. The van der Waals surface area contributed by atoms with Crippen molar-refractivity contribution in [2.24, 2.45) is 0 Å². The molecule has 4 nitrogen and oxygen atoms in total. The third-order valence-corrected chi connectivity index (χ3v) is 2.92. The van der Waals surface area contributed by atoms with Crippen LogP contribution >= 0.6 is 0 Å². The molecule has 4 heteroatoms. The van der Waals surface area contributed by atoms with Crippen LogP contribution in [0.5, 0.6) is 0 Å². The SMILES string of the molecule is CNC(CCO)c1ccc2c(c1)CC(=O)N2. The third kappa shape index (κ3) is 2.08. The van der Waals surface area contributed by atoms with Crippen LogP contribution in [0.3, 0.4) is 0 Å². The molecule has 2 rings (SSSR count). The third-order valence-electron chi connectivity index (χ3n) is 2.92. The Morgan fingerprint density at radius 3 is 3.06 bits per heavy atom. The number of nitrogens with one attached hydrogen (secondary N) is 2. The van der Waals surface area contributed by atoms with Gasteiger partial charge in [-0.1, -0.05) is 12.1 Å². The first-order chi connectivity index (χ1) is 7.74. The zero-order valence-corrected chi connectivity index (χ0v) is 9.29. The van der Waals surface area contributed by atoms with Crippen molar-refractivity contribution in [3.63, 3.8) is 0 Å². The molecular formula is C12H16N2O2. The molecule has 1 atom stereocenters. The Morgan fingerprint density at radius 1 is 1.56 bits per heavy atom. The molecule has 0 bridgehead atoms. The molecule has 3 N–H and O–H groups in total. The number of anilines is 1. The molecule has 0 saturated heterocycles. The van der Waals surface area contributed by atoms with E-state index in [0.717, 1.165) is 16.8 Å². The Labute approximate surface area is 94.7 Å². The summed E-state index contributed by atoms with van der Waals surface area (Å²) in [5.74, 6) is 0.0512. The van der Waals surface area contributed by atoms with Crippen molar-refractivity contribution in [3.8, 4) is 0 Å². The van der Waals surface area contributed by atoms with E-state index in [-0.39, 0.29) is 18.6 Å². The van der Waals surface area contributed by atoms with Crippen LogP contribution in [0.4, 0.5) is 5.69 Å². The lowest BCUT2D eigenvalue weighted by molar-refractivity contribution is -0.115. The van der Waals surface area contributed by atoms with Crippen molar-refractivity contribution in [3.05, 3.63) is 29.3 Å². The number of fused-ring (bicyclic) bond motifs is 1. The summed E-state index contributed by atoms with van der Waals surface area (Å²) in [6.45, 7) is 0.153. The summed E-state index contributed by atoms with van der Waals surface area (Å²) in [6.07, 6.45) is 1.13. The number of hydrogen-bond acceptors (Lipinski definition) is 3. The summed E-state index contributed by atoms with van der Waals surface area (Å²) in [6, 6.07) is 6.09. The summed E-state index contributed by atoms with van der Waals surface area (Å²) in [5.41, 5.74) is 3.07. The van der Waals surface area contributed by atoms with Gasteiger partial charge in [0.05, 0.1) is 6.42 Å². The lowest BCUT2D eigenvalue weighted by Gasteiger charge is -2.16. The second-order valence-corrected chi connectivity index (χ2v) is 4.00. The Hall–Kier alpha value is -1.39. The molecule has 0 fully saturated rings. The van der Waals surface area contributed by atoms with Crippen molar-refractivity contribution >= 4 is 11.6 Å². The molecule has 1 aliphatic heterocycles. The van der Waals surface area contributed by atoms with Gasteiger partial charge in [-0.2, -0.15) is 0 Å². The molecule has 1 aromatic rings. The first-order valence-corrected chi connectivity index (χ1v) is 5.45. The van der Waals surface area contributed by atoms with Crippen LogP contribution < -0.4 is 10.6 Å². The molecule has 1 unspecified atom stereocenters. The topological polar surface area (TPSA) is 61.4 Å². The second kappa shape index (κ2) is 4.63. The number of aliphatic hydroxyl groups excluding tert-OH is 1. The Morgan fingerprint density at radius 2 is 2.38 bits per heavy atom. The molecule has 0 aromatic heterocycles. The van der Waals surface area contributed by atoms with Gasteiger partial charge in [0.15, 0.2) is 0 Å². The zero-order chi connectivity index (χ0) is 11.5. The molecule has 0 radical (unpaired) electrons. The summed E-state index contributed by atoms with van der Waals surface area (Å²) < 4.78 is 0. The van der Waals surface area contributed by atoms with Crippen LogP contribution in [0.25, 0.3) is 0 Å². The fraction of sp³-hybridized carbons (Fsp3) is 0.417. The fourth-order valence-electron chi connectivity index (χ4n) is 2.07. The number of carbonyl (C=O) groups excluding carboxylic acids is 1. The van der Waals surface area contributed by atoms with Gasteiger partial charge in [-0.25, -0.2) is 0 Å². The molecule has 0 saturated carbocycles. The van der Waals surface area contributed by atoms with Crippen LogP contribution in [0.15, 0.2) is 18.2 Å². The van der Waals surface area contributed by atoms with Crippen LogP contribution in [0.2, 0.25) is 0 Å². The maximum atomic E-state index is 11.2. The molecule has 86 valence electrons. The van der Waals surface area contributed by atoms with E-state index < -0.39 is 0 Å². The lowest BCUT2D eigenvalue weighted by atomic mass is 10.0. The van der Waals surface area contributed by atoms with Crippen LogP contribution in [-0.4, -0.2) is 24.7 Å². The highest BCUT2D eigenvalue weighted by molar-refractivity contribution is 5.99. The van der Waals surface area contributed by atoms with E-state index in [4.69, 9.17) is 5.11 Å². The van der Waals surface area contributed by atoms with Gasteiger partial charge in [-0.3, -0.25) is 4.79 Å². The maximum absolute atomic E-state index is 11.2. The lowest BCUT2D eigenvalue weighted by Crippen LogP contribution is -2.17. The monoisotopic (exact) mass is 220 g/mol. The van der Waals surface area contributed by atoms with E-state index in [9.17, 15) is 4.79 Å². The minimum Gasteiger partial charge on any atom is -0.396 e. The van der Waals surface area contributed by atoms with E-state index in [0.29, 0.717) is 12.8 Å². The largest absolute Gasteiger partial charge is 0.396 e. The molecule has 1 aromatic carbocycles. The van der Waals surface area contributed by atoms with Crippen molar-refractivity contribution in [2.45, 2.75) is 18.9 Å². The highest BCUT2D eigenvalue weighted by Gasteiger charge is 2.19. The fourth-order valence-corrected chi connectivity index (χ4v) is 2.07. The van der Waals surface area contributed by atoms with Gasteiger partial charge in [0.2, 0.25) is 5.91 Å². The Balaban J connectivity index is 2.24. The maximum Gasteiger partial charge on any atom is 0.228 e. The normalized spacial score (nSPS) is 15.8. The number of benzene rings is 1. The zero-order valence-electron chi connectivity index (χ0n) is 9.29. The van der Waals surface area contributed by atoms with Gasteiger partial charge in [-0.15, -0.1) is 0 Å². The molecule has 1 heterocycles. The van der Waals surface area contributed by atoms with Crippen LogP contribution in [0.1, 0.15) is 23.6 Å². The van der Waals surface area contributed by atoms with Crippen LogP contribution in [-0.2, 0) is 11.2 Å². The number of amides is 1. The number of aliphatic hydroxyl groups is 1.